The average Bonchev–Trinajstić information content (AvgIpc) is 3.07. The molecule has 0 N–H and O–H groups in total. The molecule has 0 heterocycles. The van der Waals surface area contributed by atoms with E-state index in [4.69, 9.17) is 6.58 Å². The molecule has 0 nitrogen and oxygen atoms in total. The van der Waals surface area contributed by atoms with Crippen molar-refractivity contribution in [2.75, 3.05) is 0 Å². The molecule has 0 aliphatic carbocycles. The molecule has 0 amide bonds. The number of hydrogen-bond acceptors (Lipinski definition) is 0. The van der Waals surface area contributed by atoms with Gasteiger partial charge in [0.2, 0.25) is 0 Å². The Bertz CT molecular complexity index is 1490. The van der Waals surface area contributed by atoms with E-state index in [9.17, 15) is 0 Å². The number of benzene rings is 6. The van der Waals surface area contributed by atoms with Gasteiger partial charge in [-0.25, -0.2) is 0 Å². The van der Waals surface area contributed by atoms with Crippen molar-refractivity contribution in [3.8, 4) is 0 Å². The molecule has 6 aromatic carbocycles. The van der Waals surface area contributed by atoms with Crippen LogP contribution in [0.4, 0.5) is 0 Å². The molecule has 0 aliphatic rings. The first-order valence-corrected chi connectivity index (χ1v) is 26.3. The fourth-order valence-corrected chi connectivity index (χ4v) is 42.7. The van der Waals surface area contributed by atoms with Gasteiger partial charge in [0, 0.05) is 0 Å². The topological polar surface area (TPSA) is 0 Å². The predicted molar refractivity (Wildman–Crippen MR) is 182 cm³/mol. The monoisotopic (exact) mass is 742 g/mol. The van der Waals surface area contributed by atoms with Gasteiger partial charge in [-0.1, -0.05) is 0 Å². The van der Waals surface area contributed by atoms with Gasteiger partial charge in [-0.3, -0.25) is 0 Å². The molecule has 0 radical (unpaired) electrons. The maximum absolute atomic E-state index is 5.16. The van der Waals surface area contributed by atoms with Crippen LogP contribution in [0.1, 0.15) is 0 Å². The second kappa shape index (κ2) is 12.7. The average molecular weight is 740 g/mol. The Balaban J connectivity index is 1.67. The standard InChI is InChI=1S/6C6H5.C3H4.2Sn/c6*1-2-4-6-5-3-1;1-3-2;;/h6*1-5H;1-2H2;;. The Morgan fingerprint density at radius 1 is 0.341 bits per heavy atom. The fourth-order valence-electron chi connectivity index (χ4n) is 6.60. The summed E-state index contributed by atoms with van der Waals surface area (Å²) in [4.78, 5) is 0. The molecular formula is C39H34Sn2. The van der Waals surface area contributed by atoms with Gasteiger partial charge < -0.3 is 0 Å². The van der Waals surface area contributed by atoms with Crippen LogP contribution in [0.15, 0.2) is 192 Å². The predicted octanol–water partition coefficient (Wildman–Crippen LogP) is 5.42. The molecule has 0 saturated carbocycles. The second-order valence-electron chi connectivity index (χ2n) is 10.6. The van der Waals surface area contributed by atoms with Crippen LogP contribution < -0.4 is 21.5 Å². The minimum atomic E-state index is -3.79. The zero-order chi connectivity index (χ0) is 28.0. The number of hydrogen-bond donors (Lipinski definition) is 0. The molecule has 0 atom stereocenters. The third-order valence-corrected chi connectivity index (χ3v) is 39.1. The molecule has 2 heteroatoms. The van der Waals surface area contributed by atoms with E-state index in [0.717, 1.165) is 4.44 Å². The van der Waals surface area contributed by atoms with E-state index in [-0.39, 0.29) is 0 Å². The van der Waals surface area contributed by atoms with Crippen LogP contribution in [-0.2, 0) is 0 Å². The fraction of sp³-hybridized carbons (Fsp3) is 0.0256. The SMILES string of the molecule is C=[C]([CH2][Sn]([c]1ccccc1)([c]1ccccc1)[c]1ccccc1)[Sn]([c]1ccccc1)([c]1ccccc1)[c]1ccccc1. The van der Waals surface area contributed by atoms with Crippen LogP contribution in [0.5, 0.6) is 0 Å². The van der Waals surface area contributed by atoms with Crippen LogP contribution in [0.25, 0.3) is 0 Å². The molecule has 6 rings (SSSR count). The molecule has 41 heavy (non-hydrogen) atoms. The molecule has 198 valence electrons. The zero-order valence-corrected chi connectivity index (χ0v) is 28.9. The molecular weight excluding hydrogens is 706 g/mol. The van der Waals surface area contributed by atoms with Crippen LogP contribution in [0.3, 0.4) is 0 Å². The van der Waals surface area contributed by atoms with E-state index in [1.54, 1.807) is 0 Å². The third-order valence-electron chi connectivity index (χ3n) is 8.43. The van der Waals surface area contributed by atoms with Crippen LogP contribution in [-0.4, -0.2) is 36.8 Å². The van der Waals surface area contributed by atoms with Crippen molar-refractivity contribution in [1.82, 2.24) is 0 Å². The maximum atomic E-state index is 5.16. The molecule has 0 aliphatic heterocycles. The number of rotatable bonds is 9. The Morgan fingerprint density at radius 2 is 0.561 bits per heavy atom. The molecule has 0 aromatic heterocycles. The summed E-state index contributed by atoms with van der Waals surface area (Å²) >= 11 is -7.43. The van der Waals surface area contributed by atoms with Gasteiger partial charge in [0.25, 0.3) is 0 Å². The van der Waals surface area contributed by atoms with Crippen molar-refractivity contribution in [1.29, 1.82) is 0 Å². The van der Waals surface area contributed by atoms with Crippen molar-refractivity contribution < 1.29 is 0 Å². The van der Waals surface area contributed by atoms with Gasteiger partial charge in [0.1, 0.15) is 0 Å². The summed E-state index contributed by atoms with van der Waals surface area (Å²) in [5, 5.41) is 0. The van der Waals surface area contributed by atoms with Crippen molar-refractivity contribution in [2.45, 2.75) is 4.44 Å². The normalized spacial score (nSPS) is 11.6. The Kier molecular flexibility index (Phi) is 8.59. The van der Waals surface area contributed by atoms with E-state index in [2.05, 4.69) is 182 Å². The summed E-state index contributed by atoms with van der Waals surface area (Å²) in [6.45, 7) is 5.16. The van der Waals surface area contributed by atoms with E-state index < -0.39 is 36.8 Å². The molecule has 0 saturated heterocycles. The molecule has 0 bridgehead atoms. The minimum absolute atomic E-state index is 1.02. The van der Waals surface area contributed by atoms with Gasteiger partial charge in [-0.2, -0.15) is 0 Å². The number of allylic oxidation sites excluding steroid dienone is 1. The van der Waals surface area contributed by atoms with E-state index >= 15 is 0 Å². The van der Waals surface area contributed by atoms with Gasteiger partial charge in [0.15, 0.2) is 0 Å². The first kappa shape index (κ1) is 27.8. The molecule has 0 fully saturated rings. The summed E-state index contributed by atoms with van der Waals surface area (Å²) in [6.07, 6.45) is 0. The van der Waals surface area contributed by atoms with Crippen molar-refractivity contribution in [3.05, 3.63) is 192 Å². The van der Waals surface area contributed by atoms with Gasteiger partial charge in [-0.05, 0) is 0 Å². The quantitative estimate of drug-likeness (QED) is 0.174. The van der Waals surface area contributed by atoms with Gasteiger partial charge in [0.05, 0.1) is 0 Å². The summed E-state index contributed by atoms with van der Waals surface area (Å²) in [5.41, 5.74) is 0. The van der Waals surface area contributed by atoms with Crippen molar-refractivity contribution in [2.24, 2.45) is 0 Å². The molecule has 0 unspecified atom stereocenters. The Morgan fingerprint density at radius 3 is 0.805 bits per heavy atom. The summed E-state index contributed by atoms with van der Waals surface area (Å²) in [6, 6.07) is 67.9. The van der Waals surface area contributed by atoms with Gasteiger partial charge in [-0.15, -0.1) is 0 Å². The van der Waals surface area contributed by atoms with Crippen molar-refractivity contribution in [3.63, 3.8) is 0 Å². The Hall–Kier alpha value is -3.34. The zero-order valence-electron chi connectivity index (χ0n) is 23.2. The molecule has 6 aromatic rings. The first-order valence-electron chi connectivity index (χ1n) is 14.3. The summed E-state index contributed by atoms with van der Waals surface area (Å²) in [5.74, 6) is 0. The second-order valence-corrected chi connectivity index (χ2v) is 33.0. The molecule has 0 spiro atoms. The van der Waals surface area contributed by atoms with Crippen LogP contribution in [0, 0.1) is 0 Å². The third kappa shape index (κ3) is 5.24. The van der Waals surface area contributed by atoms with Gasteiger partial charge >= 0.3 is 255 Å². The Labute approximate surface area is 252 Å². The van der Waals surface area contributed by atoms with Crippen LogP contribution >= 0.6 is 0 Å². The summed E-state index contributed by atoms with van der Waals surface area (Å²) in [7, 11) is 0. The van der Waals surface area contributed by atoms with E-state index in [0.29, 0.717) is 0 Å². The van der Waals surface area contributed by atoms with E-state index in [1.807, 2.05) is 0 Å². The van der Waals surface area contributed by atoms with Crippen LogP contribution in [0.2, 0.25) is 4.44 Å². The van der Waals surface area contributed by atoms with E-state index in [1.165, 1.54) is 25.1 Å². The van der Waals surface area contributed by atoms with Crippen molar-refractivity contribution >= 4 is 58.2 Å². The first-order chi connectivity index (χ1) is 20.3. The summed E-state index contributed by atoms with van der Waals surface area (Å²) < 4.78 is 11.3.